The number of rotatable bonds is 3. The van der Waals surface area contributed by atoms with Crippen LogP contribution in [0.25, 0.3) is 0 Å². The Labute approximate surface area is 134 Å². The Hall–Kier alpha value is -2.32. The number of nitrogens with zero attached hydrogens (tertiary/aromatic N) is 2. The number of hydrogen-bond donors (Lipinski definition) is 0. The first kappa shape index (κ1) is 14.6. The van der Waals surface area contributed by atoms with Crippen molar-refractivity contribution in [1.82, 2.24) is 0 Å². The fraction of sp³-hybridized carbons (Fsp3) is 0.235. The number of benzene rings is 2. The molecule has 0 saturated carbocycles. The summed E-state index contributed by atoms with van der Waals surface area (Å²) in [4.78, 5) is 4.20. The molecule has 0 bridgehead atoms. The van der Waals surface area contributed by atoms with Gasteiger partial charge in [-0.1, -0.05) is 11.8 Å². The molecule has 1 unspecified atom stereocenters. The highest BCUT2D eigenvalue weighted by Gasteiger charge is 2.27. The minimum absolute atomic E-state index is 0.264. The second kappa shape index (κ2) is 5.82. The first-order valence-electron chi connectivity index (χ1n) is 6.90. The van der Waals surface area contributed by atoms with Crippen LogP contribution in [0.1, 0.15) is 6.92 Å². The van der Waals surface area contributed by atoms with Crippen molar-refractivity contribution in [3.8, 4) is 17.6 Å². The molecule has 0 spiro atoms. The molecule has 112 valence electrons. The van der Waals surface area contributed by atoms with Gasteiger partial charge in [0.25, 0.3) is 0 Å². The van der Waals surface area contributed by atoms with E-state index in [4.69, 9.17) is 9.47 Å². The van der Waals surface area contributed by atoms with Gasteiger partial charge in [0.15, 0.2) is 0 Å². The molecule has 4 nitrogen and oxygen atoms in total. The summed E-state index contributed by atoms with van der Waals surface area (Å²) >= 11 is 1.66. The zero-order valence-electron chi connectivity index (χ0n) is 12.7. The van der Waals surface area contributed by atoms with Gasteiger partial charge >= 0.3 is 0 Å². The molecule has 0 saturated heterocycles. The van der Waals surface area contributed by atoms with E-state index in [1.807, 2.05) is 43.3 Å². The smallest absolute Gasteiger partial charge is 0.120 e. The Balaban J connectivity index is 2.17. The molecule has 22 heavy (non-hydrogen) atoms. The molecule has 0 aromatic heterocycles. The number of methoxy groups -OCH3 is 2. The van der Waals surface area contributed by atoms with Crippen LogP contribution in [-0.2, 0) is 0 Å². The minimum Gasteiger partial charge on any atom is -0.497 e. The maximum atomic E-state index is 9.39. The lowest BCUT2D eigenvalue weighted by atomic mass is 10.1. The van der Waals surface area contributed by atoms with Crippen LogP contribution in [0.5, 0.6) is 11.5 Å². The summed E-state index contributed by atoms with van der Waals surface area (Å²) in [5.74, 6) is 1.62. The molecule has 3 rings (SSSR count). The van der Waals surface area contributed by atoms with Gasteiger partial charge in [-0.25, -0.2) is 0 Å². The maximum absolute atomic E-state index is 9.39. The summed E-state index contributed by atoms with van der Waals surface area (Å²) in [6, 6.07) is 13.9. The van der Waals surface area contributed by atoms with Crippen LogP contribution in [0, 0.1) is 11.3 Å². The van der Waals surface area contributed by atoms with Gasteiger partial charge in [0.05, 0.1) is 31.7 Å². The average Bonchev–Trinajstić information content (AvgIpc) is 2.57. The van der Waals surface area contributed by atoms with Gasteiger partial charge < -0.3 is 14.4 Å². The highest BCUT2D eigenvalue weighted by Crippen LogP contribution is 2.50. The van der Waals surface area contributed by atoms with Crippen molar-refractivity contribution in [2.75, 3.05) is 19.1 Å². The Bertz CT molecular complexity index is 701. The molecule has 2 aromatic rings. The summed E-state index contributed by atoms with van der Waals surface area (Å²) < 4.78 is 10.6. The quantitative estimate of drug-likeness (QED) is 0.849. The Kier molecular flexibility index (Phi) is 3.86. The second-order valence-electron chi connectivity index (χ2n) is 4.94. The van der Waals surface area contributed by atoms with Crippen LogP contribution < -0.4 is 14.4 Å². The predicted octanol–water partition coefficient (Wildman–Crippen LogP) is 4.22. The van der Waals surface area contributed by atoms with Gasteiger partial charge in [-0.15, -0.1) is 0 Å². The highest BCUT2D eigenvalue weighted by molar-refractivity contribution is 7.99. The molecule has 5 heteroatoms. The van der Waals surface area contributed by atoms with E-state index in [-0.39, 0.29) is 6.04 Å². The molecule has 2 aromatic carbocycles. The zero-order valence-corrected chi connectivity index (χ0v) is 13.5. The molecule has 0 radical (unpaired) electrons. The molecule has 0 fully saturated rings. The third-order valence-electron chi connectivity index (χ3n) is 3.65. The third-order valence-corrected chi connectivity index (χ3v) is 4.74. The number of fused-ring (bicyclic) bond motifs is 2. The van der Waals surface area contributed by atoms with Crippen molar-refractivity contribution in [3.63, 3.8) is 0 Å². The molecule has 1 aliphatic rings. The predicted molar refractivity (Wildman–Crippen MR) is 87.3 cm³/mol. The van der Waals surface area contributed by atoms with Gasteiger partial charge in [-0.3, -0.25) is 0 Å². The van der Waals surface area contributed by atoms with E-state index in [0.29, 0.717) is 0 Å². The van der Waals surface area contributed by atoms with Crippen molar-refractivity contribution in [1.29, 1.82) is 5.26 Å². The molecular weight excluding hydrogens is 296 g/mol. The van der Waals surface area contributed by atoms with E-state index in [1.54, 1.807) is 26.0 Å². The van der Waals surface area contributed by atoms with Crippen molar-refractivity contribution in [2.24, 2.45) is 0 Å². The lowest BCUT2D eigenvalue weighted by molar-refractivity contribution is 0.413. The lowest BCUT2D eigenvalue weighted by Crippen LogP contribution is -2.29. The molecule has 0 amide bonds. The number of anilines is 2. The summed E-state index contributed by atoms with van der Waals surface area (Å²) in [6.07, 6.45) is 0. The topological polar surface area (TPSA) is 45.5 Å². The molecule has 1 atom stereocenters. The number of ether oxygens (including phenoxy) is 2. The van der Waals surface area contributed by atoms with E-state index in [9.17, 15) is 5.26 Å². The molecular formula is C17H16N2O2S. The van der Waals surface area contributed by atoms with E-state index in [2.05, 4.69) is 11.0 Å². The van der Waals surface area contributed by atoms with Crippen molar-refractivity contribution in [3.05, 3.63) is 36.4 Å². The standard InChI is InChI=1S/C17H16N2O2S/c1-11(10-18)19-14-6-4-12(20-2)8-16(14)22-17-9-13(21-3)5-7-15(17)19/h4-9,11H,1-3H3. The third kappa shape index (κ3) is 2.36. The van der Waals surface area contributed by atoms with Crippen LogP contribution in [0.15, 0.2) is 46.2 Å². The van der Waals surface area contributed by atoms with Gasteiger partial charge in [-0.2, -0.15) is 5.26 Å². The molecule has 0 aliphatic carbocycles. The van der Waals surface area contributed by atoms with Gasteiger partial charge in [0, 0.05) is 9.79 Å². The van der Waals surface area contributed by atoms with E-state index in [0.717, 1.165) is 32.7 Å². The molecule has 1 aliphatic heterocycles. The zero-order chi connectivity index (χ0) is 15.7. The largest absolute Gasteiger partial charge is 0.497 e. The summed E-state index contributed by atoms with van der Waals surface area (Å²) in [5, 5.41) is 9.39. The van der Waals surface area contributed by atoms with E-state index in [1.165, 1.54) is 0 Å². The number of hydrogen-bond acceptors (Lipinski definition) is 5. The summed E-state index contributed by atoms with van der Waals surface area (Å²) in [5.41, 5.74) is 2.05. The number of nitriles is 1. The minimum atomic E-state index is -0.264. The summed E-state index contributed by atoms with van der Waals surface area (Å²) in [6.45, 7) is 1.90. The SMILES string of the molecule is COc1ccc2c(c1)Sc1cc(OC)ccc1N2C(C)C#N. The Morgan fingerprint density at radius 3 is 1.91 bits per heavy atom. The van der Waals surface area contributed by atoms with E-state index >= 15 is 0 Å². The second-order valence-corrected chi connectivity index (χ2v) is 6.03. The van der Waals surface area contributed by atoms with Crippen molar-refractivity contribution < 1.29 is 9.47 Å². The fourth-order valence-electron chi connectivity index (χ4n) is 2.53. The lowest BCUT2D eigenvalue weighted by Gasteiger charge is -2.34. The van der Waals surface area contributed by atoms with Gasteiger partial charge in [0.2, 0.25) is 0 Å². The van der Waals surface area contributed by atoms with Crippen LogP contribution >= 0.6 is 11.8 Å². The first-order valence-corrected chi connectivity index (χ1v) is 7.72. The van der Waals surface area contributed by atoms with Crippen LogP contribution in [-0.4, -0.2) is 20.3 Å². The average molecular weight is 312 g/mol. The fourth-order valence-corrected chi connectivity index (χ4v) is 3.66. The van der Waals surface area contributed by atoms with Crippen LogP contribution in [0.3, 0.4) is 0 Å². The highest BCUT2D eigenvalue weighted by atomic mass is 32.2. The first-order chi connectivity index (χ1) is 10.7. The van der Waals surface area contributed by atoms with Gasteiger partial charge in [0.1, 0.15) is 17.5 Å². The monoisotopic (exact) mass is 312 g/mol. The van der Waals surface area contributed by atoms with Crippen molar-refractivity contribution >= 4 is 23.1 Å². The van der Waals surface area contributed by atoms with Gasteiger partial charge in [-0.05, 0) is 43.3 Å². The van der Waals surface area contributed by atoms with Crippen molar-refractivity contribution in [2.45, 2.75) is 22.8 Å². The Morgan fingerprint density at radius 1 is 1.00 bits per heavy atom. The van der Waals surface area contributed by atoms with Crippen LogP contribution in [0.4, 0.5) is 11.4 Å². The summed E-state index contributed by atoms with van der Waals surface area (Å²) in [7, 11) is 3.31. The molecule has 0 N–H and O–H groups in total. The maximum Gasteiger partial charge on any atom is 0.120 e. The van der Waals surface area contributed by atoms with Crippen LogP contribution in [0.2, 0.25) is 0 Å². The molecule has 1 heterocycles. The normalized spacial score (nSPS) is 13.6. The van der Waals surface area contributed by atoms with E-state index < -0.39 is 0 Å². The Morgan fingerprint density at radius 2 is 1.50 bits per heavy atom.